The third-order valence-corrected chi connectivity index (χ3v) is 7.07. The summed E-state index contributed by atoms with van der Waals surface area (Å²) in [6.07, 6.45) is 0. The minimum Gasteiger partial charge on any atom is -0.548 e. The van der Waals surface area contributed by atoms with Crippen LogP contribution in [0.4, 0.5) is 0 Å². The number of carboxylic acids is 1. The molecule has 0 unspecified atom stereocenters. The van der Waals surface area contributed by atoms with Crippen LogP contribution in [0, 0.1) is 0 Å². The van der Waals surface area contributed by atoms with Gasteiger partial charge in [-0.1, -0.05) is 0 Å². The van der Waals surface area contributed by atoms with Gasteiger partial charge in [0.05, 0.1) is 17.8 Å². The minimum atomic E-state index is -1.26. The number of amides is 2. The van der Waals surface area contributed by atoms with E-state index in [1.807, 2.05) is 24.3 Å². The van der Waals surface area contributed by atoms with Crippen molar-refractivity contribution >= 4 is 53.9 Å². The first-order chi connectivity index (χ1) is 11.7. The number of nitrogens with zero attached hydrogens (tertiary/aromatic N) is 1. The zero-order valence-corrected chi connectivity index (χ0v) is 19.1. The summed E-state index contributed by atoms with van der Waals surface area (Å²) < 4.78 is -0.651. The zero-order valence-electron chi connectivity index (χ0n) is 14.6. The van der Waals surface area contributed by atoms with Crippen LogP contribution in [0.5, 0.6) is 0 Å². The first kappa shape index (κ1) is 22.0. The predicted octanol–water partition coefficient (Wildman–Crippen LogP) is -2.63. The molecule has 0 radical (unpaired) electrons. The van der Waals surface area contributed by atoms with Gasteiger partial charge in [-0.15, -0.1) is 36.2 Å². The maximum absolute atomic E-state index is 12.3. The molecule has 6 nitrogen and oxygen atoms in total. The summed E-state index contributed by atoms with van der Waals surface area (Å²) >= 11 is 6.95. The fourth-order valence-corrected chi connectivity index (χ4v) is 5.51. The predicted molar refractivity (Wildman–Crippen MR) is 97.4 cm³/mol. The molecule has 2 saturated heterocycles. The Hall–Kier alpha value is -0.320. The largest absolute Gasteiger partial charge is 1.00 e. The van der Waals surface area contributed by atoms with Crippen molar-refractivity contribution in [2.45, 2.75) is 45.8 Å². The second-order valence-electron chi connectivity index (χ2n) is 6.41. The molecule has 0 spiro atoms. The van der Waals surface area contributed by atoms with E-state index >= 15 is 0 Å². The normalized spacial score (nSPS) is 25.7. The SMILES string of the molecule is CC1(C)S[C@@H]2[C@H](NC(=O)CSc3ccc(S)cc3)C(=O)N2[C@H]1C(=O)[O-].[Na+]. The number of fused-ring (bicyclic) bond motifs is 1. The Kier molecular flexibility index (Phi) is 7.07. The van der Waals surface area contributed by atoms with Crippen molar-refractivity contribution in [1.82, 2.24) is 10.2 Å². The van der Waals surface area contributed by atoms with Gasteiger partial charge in [0.25, 0.3) is 0 Å². The van der Waals surface area contributed by atoms with Gasteiger partial charge >= 0.3 is 29.6 Å². The molecule has 0 aliphatic carbocycles. The molecule has 0 aromatic heterocycles. The monoisotopic (exact) mass is 420 g/mol. The van der Waals surface area contributed by atoms with E-state index in [2.05, 4.69) is 17.9 Å². The van der Waals surface area contributed by atoms with Gasteiger partial charge in [0, 0.05) is 14.5 Å². The number of nitrogens with one attached hydrogen (secondary N) is 1. The topological polar surface area (TPSA) is 89.5 Å². The number of aliphatic carboxylic acids is 1. The van der Waals surface area contributed by atoms with Crippen molar-refractivity contribution in [3.63, 3.8) is 0 Å². The average molecular weight is 421 g/mol. The molecule has 26 heavy (non-hydrogen) atoms. The molecule has 1 aromatic carbocycles. The molecule has 2 aliphatic heterocycles. The number of thioether (sulfide) groups is 2. The van der Waals surface area contributed by atoms with Crippen LogP contribution in [0.3, 0.4) is 0 Å². The first-order valence-corrected chi connectivity index (χ1v) is 9.94. The minimum absolute atomic E-state index is 0. The third kappa shape index (κ3) is 4.23. The summed E-state index contributed by atoms with van der Waals surface area (Å²) in [6.45, 7) is 3.53. The summed E-state index contributed by atoms with van der Waals surface area (Å²) in [6, 6.07) is 5.77. The van der Waals surface area contributed by atoms with E-state index in [-0.39, 0.29) is 52.5 Å². The summed E-state index contributed by atoms with van der Waals surface area (Å²) in [7, 11) is 0. The summed E-state index contributed by atoms with van der Waals surface area (Å²) in [5.41, 5.74) is 0. The molecular formula is C16H17N2NaO4S3. The smallest absolute Gasteiger partial charge is 0.548 e. The number of carbonyl (C=O) groups excluding carboxylic acids is 3. The van der Waals surface area contributed by atoms with Crippen molar-refractivity contribution in [3.8, 4) is 0 Å². The Labute approximate surface area is 187 Å². The number of carboxylic acid groups (broad SMARTS) is 1. The van der Waals surface area contributed by atoms with Gasteiger partial charge in [-0.25, -0.2) is 0 Å². The van der Waals surface area contributed by atoms with Crippen molar-refractivity contribution in [2.75, 3.05) is 5.75 Å². The van der Waals surface area contributed by atoms with Crippen molar-refractivity contribution in [1.29, 1.82) is 0 Å². The number of carbonyl (C=O) groups is 3. The van der Waals surface area contributed by atoms with E-state index < -0.39 is 22.8 Å². The number of thiol groups is 1. The van der Waals surface area contributed by atoms with Gasteiger partial charge in [0.15, 0.2) is 0 Å². The molecule has 2 amide bonds. The Morgan fingerprint density at radius 2 is 1.96 bits per heavy atom. The van der Waals surface area contributed by atoms with Crippen LogP contribution in [0.25, 0.3) is 0 Å². The van der Waals surface area contributed by atoms with Crippen LogP contribution in [-0.2, 0) is 14.4 Å². The number of hydrogen-bond donors (Lipinski definition) is 2. The Balaban J connectivity index is 0.00000243. The van der Waals surface area contributed by atoms with Crippen LogP contribution in [0.15, 0.2) is 34.1 Å². The molecule has 0 bridgehead atoms. The van der Waals surface area contributed by atoms with E-state index in [9.17, 15) is 19.5 Å². The van der Waals surface area contributed by atoms with E-state index in [4.69, 9.17) is 0 Å². The van der Waals surface area contributed by atoms with Crippen LogP contribution in [0.1, 0.15) is 13.8 Å². The van der Waals surface area contributed by atoms with E-state index in [1.165, 1.54) is 28.4 Å². The molecule has 2 fully saturated rings. The maximum Gasteiger partial charge on any atom is 1.00 e. The quantitative estimate of drug-likeness (QED) is 0.235. The average Bonchev–Trinajstić information content (AvgIpc) is 2.80. The molecule has 134 valence electrons. The van der Waals surface area contributed by atoms with Crippen LogP contribution in [0.2, 0.25) is 0 Å². The van der Waals surface area contributed by atoms with Gasteiger partial charge in [-0.2, -0.15) is 0 Å². The second-order valence-corrected chi connectivity index (χ2v) is 9.74. The van der Waals surface area contributed by atoms with Gasteiger partial charge in [0.2, 0.25) is 11.8 Å². The molecule has 0 saturated carbocycles. The molecule has 3 rings (SSSR count). The number of hydrogen-bond acceptors (Lipinski definition) is 7. The number of β-lactam (4-membered cyclic amide) rings is 1. The molecule has 1 N–H and O–H groups in total. The van der Waals surface area contributed by atoms with Crippen molar-refractivity contribution in [3.05, 3.63) is 24.3 Å². The third-order valence-electron chi connectivity index (χ3n) is 4.19. The summed E-state index contributed by atoms with van der Waals surface area (Å²) in [5.74, 6) is -1.70. The second kappa shape index (κ2) is 8.36. The fourth-order valence-electron chi connectivity index (χ4n) is 3.03. The van der Waals surface area contributed by atoms with Gasteiger partial charge in [-0.05, 0) is 38.1 Å². The molecular weight excluding hydrogens is 403 g/mol. The van der Waals surface area contributed by atoms with E-state index in [0.29, 0.717) is 0 Å². The van der Waals surface area contributed by atoms with Crippen LogP contribution in [-0.4, -0.2) is 50.6 Å². The van der Waals surface area contributed by atoms with Crippen molar-refractivity contribution in [2.24, 2.45) is 0 Å². The Bertz CT molecular complexity index is 729. The molecule has 3 atom stereocenters. The summed E-state index contributed by atoms with van der Waals surface area (Å²) in [4.78, 5) is 38.9. The van der Waals surface area contributed by atoms with E-state index in [1.54, 1.807) is 13.8 Å². The number of benzene rings is 1. The Morgan fingerprint density at radius 1 is 1.35 bits per heavy atom. The van der Waals surface area contributed by atoms with Crippen LogP contribution < -0.4 is 40.0 Å². The number of rotatable bonds is 5. The maximum atomic E-state index is 12.3. The summed E-state index contributed by atoms with van der Waals surface area (Å²) in [5, 5.41) is 13.7. The molecule has 1 aromatic rings. The van der Waals surface area contributed by atoms with E-state index in [0.717, 1.165) is 9.79 Å². The molecule has 2 aliphatic rings. The Morgan fingerprint density at radius 3 is 2.54 bits per heavy atom. The molecule has 10 heteroatoms. The van der Waals surface area contributed by atoms with Gasteiger partial charge in [-0.3, -0.25) is 9.59 Å². The van der Waals surface area contributed by atoms with Gasteiger partial charge < -0.3 is 20.1 Å². The standard InChI is InChI=1S/C16H18N2O4S3.Na/c1-16(2)12(15(21)22)18-13(20)11(14(18)25-16)17-10(19)7-24-9-5-3-8(23)4-6-9;/h3-6,11-12,14,23H,7H2,1-2H3,(H,17,19)(H,21,22);/q;+1/p-1/t11-,12+,14-;/m1./s1. The zero-order chi connectivity index (χ0) is 18.4. The fraction of sp³-hybridized carbons (Fsp3) is 0.438. The molecule has 2 heterocycles. The van der Waals surface area contributed by atoms with Crippen LogP contribution >= 0.6 is 36.2 Å². The van der Waals surface area contributed by atoms with Gasteiger partial charge in [0.1, 0.15) is 11.4 Å². The first-order valence-electron chi connectivity index (χ1n) is 7.63. The van der Waals surface area contributed by atoms with Crippen molar-refractivity contribution < 1.29 is 49.0 Å².